The third-order valence-corrected chi connectivity index (χ3v) is 2.74. The molecule has 1 aliphatic heterocycles. The zero-order valence-electron chi connectivity index (χ0n) is 8.77. The number of nitrogens with zero attached hydrogens (tertiary/aromatic N) is 4. The van der Waals surface area contributed by atoms with Crippen molar-refractivity contribution in [1.82, 2.24) is 20.3 Å². The molecule has 0 aliphatic carbocycles. The van der Waals surface area contributed by atoms with Gasteiger partial charge < -0.3 is 10.2 Å². The Bertz CT molecular complexity index is 289. The van der Waals surface area contributed by atoms with E-state index in [2.05, 4.69) is 27.6 Å². The predicted molar refractivity (Wildman–Crippen MR) is 55.3 cm³/mol. The molecule has 1 fully saturated rings. The summed E-state index contributed by atoms with van der Waals surface area (Å²) in [7, 11) is 4.00. The van der Waals surface area contributed by atoms with E-state index in [1.807, 2.05) is 7.05 Å². The van der Waals surface area contributed by atoms with Crippen molar-refractivity contribution in [2.75, 3.05) is 25.0 Å². The lowest BCUT2D eigenvalue weighted by Gasteiger charge is -2.22. The van der Waals surface area contributed by atoms with E-state index < -0.39 is 0 Å². The predicted octanol–water partition coefficient (Wildman–Crippen LogP) is 0.00330. The normalized spacial score (nSPS) is 21.4. The minimum absolute atomic E-state index is 0.620. The first-order chi connectivity index (χ1) is 6.77. The molecule has 0 radical (unpaired) electrons. The highest BCUT2D eigenvalue weighted by Gasteiger charge is 2.17. The largest absolute Gasteiger partial charge is 0.357 e. The molecule has 1 unspecified atom stereocenters. The van der Waals surface area contributed by atoms with Gasteiger partial charge in [0.1, 0.15) is 5.82 Å². The average molecular weight is 195 g/mol. The number of hydrogen-bond donors (Lipinski definition) is 1. The number of anilines is 1. The van der Waals surface area contributed by atoms with E-state index in [0.717, 1.165) is 18.9 Å². The zero-order valence-corrected chi connectivity index (χ0v) is 8.77. The van der Waals surface area contributed by atoms with E-state index in [1.54, 1.807) is 10.9 Å². The van der Waals surface area contributed by atoms with Crippen LogP contribution in [-0.2, 0) is 7.05 Å². The Morgan fingerprint density at radius 2 is 2.57 bits per heavy atom. The Balaban J connectivity index is 1.95. The quantitative estimate of drug-likeness (QED) is 0.737. The first-order valence-electron chi connectivity index (χ1n) is 5.06. The maximum absolute atomic E-state index is 3.92. The molecule has 5 nitrogen and oxygen atoms in total. The van der Waals surface area contributed by atoms with Crippen LogP contribution >= 0.6 is 0 Å². The fourth-order valence-corrected chi connectivity index (χ4v) is 1.97. The van der Waals surface area contributed by atoms with Crippen LogP contribution < -0.4 is 10.2 Å². The second-order valence-corrected chi connectivity index (χ2v) is 3.89. The lowest BCUT2D eigenvalue weighted by molar-refractivity contribution is 0.588. The molecule has 1 aliphatic rings. The summed E-state index contributed by atoms with van der Waals surface area (Å²) in [4.78, 5) is 2.20. The SMILES string of the molecule is CN(CC1CCCN1)c1cnnn1C. The van der Waals surface area contributed by atoms with E-state index in [9.17, 15) is 0 Å². The molecule has 0 bridgehead atoms. The third kappa shape index (κ3) is 1.87. The van der Waals surface area contributed by atoms with Gasteiger partial charge in [-0.3, -0.25) is 0 Å². The second kappa shape index (κ2) is 3.96. The smallest absolute Gasteiger partial charge is 0.146 e. The highest BCUT2D eigenvalue weighted by molar-refractivity contribution is 5.34. The molecule has 2 rings (SSSR count). The van der Waals surface area contributed by atoms with Crippen LogP contribution in [0, 0.1) is 0 Å². The maximum Gasteiger partial charge on any atom is 0.146 e. The fourth-order valence-electron chi connectivity index (χ4n) is 1.97. The van der Waals surface area contributed by atoms with Gasteiger partial charge in [-0.25, -0.2) is 4.68 Å². The Labute approximate surface area is 84.1 Å². The van der Waals surface area contributed by atoms with Gasteiger partial charge in [-0.2, -0.15) is 0 Å². The van der Waals surface area contributed by atoms with E-state index in [4.69, 9.17) is 0 Å². The van der Waals surface area contributed by atoms with Crippen molar-refractivity contribution in [2.24, 2.45) is 7.05 Å². The molecular formula is C9H17N5. The number of aryl methyl sites for hydroxylation is 1. The standard InChI is InChI=1S/C9H17N5/c1-13(7-8-4-3-5-10-8)9-6-11-12-14(9)2/h6,8,10H,3-5,7H2,1-2H3. The number of rotatable bonds is 3. The summed E-state index contributed by atoms with van der Waals surface area (Å²) in [5.41, 5.74) is 0. The summed E-state index contributed by atoms with van der Waals surface area (Å²) in [5.74, 6) is 1.07. The first-order valence-corrected chi connectivity index (χ1v) is 5.06. The van der Waals surface area contributed by atoms with E-state index in [1.165, 1.54) is 12.8 Å². The molecule has 5 heteroatoms. The number of nitrogens with one attached hydrogen (secondary N) is 1. The molecule has 1 N–H and O–H groups in total. The van der Waals surface area contributed by atoms with Crippen molar-refractivity contribution in [3.63, 3.8) is 0 Å². The van der Waals surface area contributed by atoms with Gasteiger partial charge in [-0.05, 0) is 19.4 Å². The monoisotopic (exact) mass is 195 g/mol. The van der Waals surface area contributed by atoms with Crippen LogP contribution in [0.4, 0.5) is 5.82 Å². The van der Waals surface area contributed by atoms with Crippen molar-refractivity contribution in [1.29, 1.82) is 0 Å². The van der Waals surface area contributed by atoms with Gasteiger partial charge in [0, 0.05) is 26.7 Å². The van der Waals surface area contributed by atoms with Crippen LogP contribution in [0.3, 0.4) is 0 Å². The Morgan fingerprint density at radius 1 is 1.71 bits per heavy atom. The van der Waals surface area contributed by atoms with Crippen LogP contribution in [0.1, 0.15) is 12.8 Å². The molecule has 14 heavy (non-hydrogen) atoms. The molecule has 1 aromatic heterocycles. The molecule has 78 valence electrons. The molecular weight excluding hydrogens is 178 g/mol. The minimum Gasteiger partial charge on any atom is -0.357 e. The lowest BCUT2D eigenvalue weighted by Crippen LogP contribution is -2.36. The summed E-state index contributed by atoms with van der Waals surface area (Å²) >= 11 is 0. The topological polar surface area (TPSA) is 46.0 Å². The molecule has 2 heterocycles. The van der Waals surface area contributed by atoms with Crippen LogP contribution in [0.25, 0.3) is 0 Å². The summed E-state index contributed by atoms with van der Waals surface area (Å²) in [6.07, 6.45) is 4.37. The van der Waals surface area contributed by atoms with E-state index >= 15 is 0 Å². The molecule has 0 aromatic carbocycles. The minimum atomic E-state index is 0.620. The number of aromatic nitrogens is 3. The fraction of sp³-hybridized carbons (Fsp3) is 0.778. The molecule has 0 spiro atoms. The number of likely N-dealkylation sites (N-methyl/N-ethyl adjacent to an activating group) is 1. The van der Waals surface area contributed by atoms with E-state index in [-0.39, 0.29) is 0 Å². The summed E-state index contributed by atoms with van der Waals surface area (Å²) in [6.45, 7) is 2.18. The van der Waals surface area contributed by atoms with Crippen molar-refractivity contribution in [2.45, 2.75) is 18.9 Å². The van der Waals surface area contributed by atoms with Crippen molar-refractivity contribution in [3.8, 4) is 0 Å². The van der Waals surface area contributed by atoms with Crippen molar-refractivity contribution >= 4 is 5.82 Å². The van der Waals surface area contributed by atoms with Crippen LogP contribution in [0.5, 0.6) is 0 Å². The molecule has 1 atom stereocenters. The number of hydrogen-bond acceptors (Lipinski definition) is 4. The van der Waals surface area contributed by atoms with Crippen molar-refractivity contribution in [3.05, 3.63) is 6.20 Å². The van der Waals surface area contributed by atoms with Gasteiger partial charge in [0.15, 0.2) is 0 Å². The van der Waals surface area contributed by atoms with Crippen LogP contribution in [0.15, 0.2) is 6.20 Å². The highest BCUT2D eigenvalue weighted by Crippen LogP contribution is 2.12. The van der Waals surface area contributed by atoms with Gasteiger partial charge in [-0.1, -0.05) is 5.21 Å². The van der Waals surface area contributed by atoms with Gasteiger partial charge in [0.05, 0.1) is 6.20 Å². The zero-order chi connectivity index (χ0) is 9.97. The van der Waals surface area contributed by atoms with Gasteiger partial charge >= 0.3 is 0 Å². The van der Waals surface area contributed by atoms with Crippen LogP contribution in [0.2, 0.25) is 0 Å². The Hall–Kier alpha value is -1.10. The summed E-state index contributed by atoms with van der Waals surface area (Å²) in [6, 6.07) is 0.620. The second-order valence-electron chi connectivity index (χ2n) is 3.89. The van der Waals surface area contributed by atoms with E-state index in [0.29, 0.717) is 6.04 Å². The molecule has 0 saturated carbocycles. The third-order valence-electron chi connectivity index (χ3n) is 2.74. The van der Waals surface area contributed by atoms with Gasteiger partial charge in [0.25, 0.3) is 0 Å². The van der Waals surface area contributed by atoms with Gasteiger partial charge in [-0.15, -0.1) is 5.10 Å². The maximum atomic E-state index is 3.92. The summed E-state index contributed by atoms with van der Waals surface area (Å²) in [5, 5.41) is 11.3. The average Bonchev–Trinajstić information content (AvgIpc) is 2.75. The Kier molecular flexibility index (Phi) is 2.67. The summed E-state index contributed by atoms with van der Waals surface area (Å²) < 4.78 is 1.80. The molecule has 1 saturated heterocycles. The molecule has 1 aromatic rings. The van der Waals surface area contributed by atoms with Crippen LogP contribution in [-0.4, -0.2) is 41.2 Å². The van der Waals surface area contributed by atoms with Crippen molar-refractivity contribution < 1.29 is 0 Å². The first kappa shape index (κ1) is 9.45. The highest BCUT2D eigenvalue weighted by atomic mass is 15.5. The lowest BCUT2D eigenvalue weighted by atomic mass is 10.2. The Morgan fingerprint density at radius 3 is 3.14 bits per heavy atom. The molecule has 0 amide bonds. The van der Waals surface area contributed by atoms with Gasteiger partial charge in [0.2, 0.25) is 0 Å².